The summed E-state index contributed by atoms with van der Waals surface area (Å²) in [5.41, 5.74) is 6.94. The molecule has 1 aromatic carbocycles. The van der Waals surface area contributed by atoms with Crippen molar-refractivity contribution >= 4 is 17.1 Å². The van der Waals surface area contributed by atoms with Crippen LogP contribution in [0, 0.1) is 0 Å². The van der Waals surface area contributed by atoms with Crippen LogP contribution in [0.1, 0.15) is 48.2 Å². The number of nitrogens with zero attached hydrogens (tertiary/aromatic N) is 6. The zero-order valence-electron chi connectivity index (χ0n) is 17.9. The summed E-state index contributed by atoms with van der Waals surface area (Å²) in [6, 6.07) is 6.12. The highest BCUT2D eigenvalue weighted by molar-refractivity contribution is 5.70. The summed E-state index contributed by atoms with van der Waals surface area (Å²) in [7, 11) is 1.70. The van der Waals surface area contributed by atoms with Crippen molar-refractivity contribution in [3.63, 3.8) is 0 Å². The van der Waals surface area contributed by atoms with Crippen molar-refractivity contribution in [1.82, 2.24) is 29.2 Å². The van der Waals surface area contributed by atoms with Gasteiger partial charge in [-0.25, -0.2) is 13.8 Å². The summed E-state index contributed by atoms with van der Waals surface area (Å²) in [5.74, 6) is -2.37. The van der Waals surface area contributed by atoms with Gasteiger partial charge in [0.1, 0.15) is 6.54 Å². The van der Waals surface area contributed by atoms with Crippen LogP contribution >= 0.6 is 0 Å². The highest BCUT2D eigenvalue weighted by Gasteiger charge is 2.32. The summed E-state index contributed by atoms with van der Waals surface area (Å²) < 4.78 is 40.9. The predicted octanol–water partition coefficient (Wildman–Crippen LogP) is 2.50. The summed E-state index contributed by atoms with van der Waals surface area (Å²) in [6.45, 7) is 1.19. The number of imidazole rings is 1. The van der Waals surface area contributed by atoms with Crippen LogP contribution in [0.4, 0.5) is 14.7 Å². The fraction of sp³-hybridized carbons (Fsp3) is 0.381. The van der Waals surface area contributed by atoms with Gasteiger partial charge >= 0.3 is 0 Å². The molecule has 0 saturated carbocycles. The number of ether oxygens (including phenoxy) is 1. The molecule has 4 aromatic rings. The Balaban J connectivity index is 1.31. The minimum Gasteiger partial charge on any atom is -0.373 e. The molecule has 0 amide bonds. The zero-order valence-corrected chi connectivity index (χ0v) is 17.9. The third-order valence-electron chi connectivity index (χ3n) is 5.79. The molecule has 5 rings (SSSR count). The van der Waals surface area contributed by atoms with Crippen LogP contribution in [0.3, 0.4) is 0 Å². The van der Waals surface area contributed by atoms with Crippen LogP contribution in [0.25, 0.3) is 11.2 Å². The molecule has 1 aliphatic rings. The van der Waals surface area contributed by atoms with E-state index in [2.05, 4.69) is 20.1 Å². The minimum absolute atomic E-state index is 0.00341. The van der Waals surface area contributed by atoms with Crippen LogP contribution in [-0.4, -0.2) is 35.8 Å². The Morgan fingerprint density at radius 2 is 2.00 bits per heavy atom. The molecule has 3 aromatic heterocycles. The molecular weight excluding hydrogens is 436 g/mol. The molecule has 2 atom stereocenters. The Hall–Kier alpha value is -3.67. The normalized spacial score (nSPS) is 18.9. The predicted molar refractivity (Wildman–Crippen MR) is 113 cm³/mol. The van der Waals surface area contributed by atoms with Crippen molar-refractivity contribution in [1.29, 1.82) is 0 Å². The highest BCUT2D eigenvalue weighted by atomic mass is 19.3. The monoisotopic (exact) mass is 457 g/mol. The number of rotatable bonds is 5. The molecular formula is C21H21F2N7O3. The van der Waals surface area contributed by atoms with E-state index in [-0.39, 0.29) is 47.2 Å². The van der Waals surface area contributed by atoms with Gasteiger partial charge in [-0.3, -0.25) is 9.36 Å². The van der Waals surface area contributed by atoms with Gasteiger partial charge in [-0.15, -0.1) is 0 Å². The average molecular weight is 457 g/mol. The number of fused-ring (bicyclic) bond motifs is 1. The summed E-state index contributed by atoms with van der Waals surface area (Å²) in [5, 5.41) is 4.04. The van der Waals surface area contributed by atoms with Gasteiger partial charge in [0.25, 0.3) is 11.5 Å². The number of aryl methyl sites for hydroxylation is 1. The first-order chi connectivity index (χ1) is 15.7. The second kappa shape index (κ2) is 7.73. The smallest absolute Gasteiger partial charge is 0.281 e. The molecule has 0 radical (unpaired) electrons. The lowest BCUT2D eigenvalue weighted by atomic mass is 9.98. The SMILES string of the molecule is Cn1cnc2nc(N)n(Cc3nc([C@@H]4CO[C@@H](c5ccc(C(C)(F)F)cc5)C4)no3)c(=O)c21. The van der Waals surface area contributed by atoms with E-state index in [1.807, 2.05) is 0 Å². The van der Waals surface area contributed by atoms with Crippen molar-refractivity contribution in [3.05, 3.63) is 63.8 Å². The zero-order chi connectivity index (χ0) is 23.3. The van der Waals surface area contributed by atoms with Gasteiger partial charge in [-0.05, 0) is 12.0 Å². The van der Waals surface area contributed by atoms with E-state index < -0.39 is 5.92 Å². The Kier molecular flexibility index (Phi) is 4.96. The van der Waals surface area contributed by atoms with E-state index in [4.69, 9.17) is 15.0 Å². The lowest BCUT2D eigenvalue weighted by molar-refractivity contribution is 0.0173. The molecule has 10 nitrogen and oxygen atoms in total. The molecule has 172 valence electrons. The van der Waals surface area contributed by atoms with E-state index in [0.717, 1.165) is 12.5 Å². The topological polar surface area (TPSA) is 127 Å². The number of nitrogen functional groups attached to an aromatic ring is 1. The Bertz CT molecular complexity index is 1370. The number of nitrogens with two attached hydrogens (primary N) is 1. The van der Waals surface area contributed by atoms with Crippen molar-refractivity contribution in [2.75, 3.05) is 12.3 Å². The Morgan fingerprint density at radius 1 is 1.24 bits per heavy atom. The van der Waals surface area contributed by atoms with Crippen LogP contribution in [0.15, 0.2) is 39.9 Å². The van der Waals surface area contributed by atoms with Crippen LogP contribution in [-0.2, 0) is 24.3 Å². The molecule has 1 aliphatic heterocycles. The molecule has 0 unspecified atom stereocenters. The minimum atomic E-state index is -2.89. The molecule has 1 fully saturated rings. The first-order valence-corrected chi connectivity index (χ1v) is 10.3. The largest absolute Gasteiger partial charge is 0.373 e. The summed E-state index contributed by atoms with van der Waals surface area (Å²) in [6.07, 6.45) is 1.81. The number of anilines is 1. The quantitative estimate of drug-likeness (QED) is 0.484. The van der Waals surface area contributed by atoms with Crippen LogP contribution in [0.5, 0.6) is 0 Å². The number of alkyl halides is 2. The maximum absolute atomic E-state index is 13.4. The van der Waals surface area contributed by atoms with Gasteiger partial charge in [0, 0.05) is 25.5 Å². The summed E-state index contributed by atoms with van der Waals surface area (Å²) in [4.78, 5) is 25.4. The molecule has 2 N–H and O–H groups in total. The lowest BCUT2D eigenvalue weighted by Gasteiger charge is -2.13. The van der Waals surface area contributed by atoms with Crippen molar-refractivity contribution < 1.29 is 18.0 Å². The maximum atomic E-state index is 13.4. The van der Waals surface area contributed by atoms with Crippen molar-refractivity contribution in [2.24, 2.45) is 7.05 Å². The number of hydrogen-bond acceptors (Lipinski definition) is 8. The molecule has 0 spiro atoms. The van der Waals surface area contributed by atoms with E-state index in [0.29, 0.717) is 24.4 Å². The fourth-order valence-corrected chi connectivity index (χ4v) is 3.96. The third kappa shape index (κ3) is 3.86. The van der Waals surface area contributed by atoms with Crippen LogP contribution in [0.2, 0.25) is 0 Å². The van der Waals surface area contributed by atoms with Gasteiger partial charge < -0.3 is 19.6 Å². The van der Waals surface area contributed by atoms with Crippen molar-refractivity contribution in [3.8, 4) is 0 Å². The molecule has 1 saturated heterocycles. The Labute approximate surface area is 186 Å². The van der Waals surface area contributed by atoms with Gasteiger partial charge in [-0.2, -0.15) is 9.97 Å². The second-order valence-corrected chi connectivity index (χ2v) is 8.20. The molecule has 33 heavy (non-hydrogen) atoms. The van der Waals surface area contributed by atoms with E-state index in [9.17, 15) is 13.6 Å². The lowest BCUT2D eigenvalue weighted by Crippen LogP contribution is -2.26. The fourth-order valence-electron chi connectivity index (χ4n) is 3.96. The van der Waals surface area contributed by atoms with Gasteiger partial charge in [0.2, 0.25) is 11.8 Å². The first kappa shape index (κ1) is 21.2. The standard InChI is InChI=1S/C21H21F2N7O3/c1-21(22,23)13-5-3-11(4-6-13)14-7-12(9-32-14)17-26-15(33-28-17)8-30-19(31)16-18(27-20(30)24)25-10-29(16)2/h3-6,10,12,14H,7-9H2,1-2H3,(H2,24,27)/t12-,14+/m0/s1. The molecule has 0 aliphatic carbocycles. The van der Waals surface area contributed by atoms with Crippen molar-refractivity contribution in [2.45, 2.75) is 37.8 Å². The number of hydrogen-bond donors (Lipinski definition) is 1. The first-order valence-electron chi connectivity index (χ1n) is 10.3. The van der Waals surface area contributed by atoms with Gasteiger partial charge in [0.05, 0.1) is 19.0 Å². The average Bonchev–Trinajstić information content (AvgIpc) is 3.50. The molecule has 12 heteroatoms. The number of benzene rings is 1. The maximum Gasteiger partial charge on any atom is 0.281 e. The summed E-state index contributed by atoms with van der Waals surface area (Å²) >= 11 is 0. The second-order valence-electron chi connectivity index (χ2n) is 8.20. The van der Waals surface area contributed by atoms with E-state index in [1.165, 1.54) is 23.0 Å². The molecule has 4 heterocycles. The Morgan fingerprint density at radius 3 is 2.73 bits per heavy atom. The van der Waals surface area contributed by atoms with E-state index >= 15 is 0 Å². The van der Waals surface area contributed by atoms with Gasteiger partial charge in [-0.1, -0.05) is 29.4 Å². The number of halogens is 2. The van der Waals surface area contributed by atoms with Gasteiger partial charge in [0.15, 0.2) is 17.0 Å². The molecule has 0 bridgehead atoms. The number of aromatic nitrogens is 6. The van der Waals surface area contributed by atoms with Crippen LogP contribution < -0.4 is 11.3 Å². The third-order valence-corrected chi connectivity index (χ3v) is 5.79. The highest BCUT2D eigenvalue weighted by Crippen LogP contribution is 2.38. The van der Waals surface area contributed by atoms with E-state index in [1.54, 1.807) is 23.7 Å².